The number of benzene rings is 1. The second-order valence-corrected chi connectivity index (χ2v) is 6.19. The number of nitrogens with two attached hydrogens (primary N) is 1. The van der Waals surface area contributed by atoms with Gasteiger partial charge in [0, 0.05) is 29.9 Å². The largest absolute Gasteiger partial charge is 0.328 e. The third kappa shape index (κ3) is 2.80. The summed E-state index contributed by atoms with van der Waals surface area (Å²) < 4.78 is 15.4. The van der Waals surface area contributed by atoms with Crippen LogP contribution in [-0.4, -0.2) is 25.8 Å². The van der Waals surface area contributed by atoms with E-state index in [9.17, 15) is 4.39 Å². The minimum atomic E-state index is -0.289. The third-order valence-corrected chi connectivity index (χ3v) is 4.46. The molecule has 0 radical (unpaired) electrons. The molecule has 2 heterocycles. The summed E-state index contributed by atoms with van der Waals surface area (Å²) >= 11 is 0. The van der Waals surface area contributed by atoms with Crippen molar-refractivity contribution in [3.05, 3.63) is 60.4 Å². The van der Waals surface area contributed by atoms with Crippen molar-refractivity contribution >= 4 is 0 Å². The number of halogens is 1. The van der Waals surface area contributed by atoms with E-state index in [-0.39, 0.29) is 17.8 Å². The Kier molecular flexibility index (Phi) is 3.82. The van der Waals surface area contributed by atoms with Crippen LogP contribution in [0, 0.1) is 5.82 Å². The Bertz CT molecular complexity index is 846. The van der Waals surface area contributed by atoms with Crippen molar-refractivity contribution in [3.8, 4) is 17.1 Å². The molecule has 0 saturated heterocycles. The second kappa shape index (κ2) is 6.13. The number of aromatic nitrogens is 4. The van der Waals surface area contributed by atoms with E-state index in [0.717, 1.165) is 30.7 Å². The van der Waals surface area contributed by atoms with E-state index in [1.807, 2.05) is 18.2 Å². The summed E-state index contributed by atoms with van der Waals surface area (Å²) in [5.74, 6) is 1.42. The van der Waals surface area contributed by atoms with Gasteiger partial charge < -0.3 is 5.73 Å². The molecule has 0 spiro atoms. The quantitative estimate of drug-likeness (QED) is 0.804. The van der Waals surface area contributed by atoms with E-state index in [0.29, 0.717) is 11.5 Å². The zero-order chi connectivity index (χ0) is 16.5. The molecule has 1 aromatic carbocycles. The van der Waals surface area contributed by atoms with Gasteiger partial charge in [0.2, 0.25) is 0 Å². The highest BCUT2D eigenvalue weighted by molar-refractivity contribution is 5.54. The Morgan fingerprint density at radius 2 is 1.96 bits per heavy atom. The van der Waals surface area contributed by atoms with Crippen LogP contribution in [0.3, 0.4) is 0 Å². The predicted molar refractivity (Wildman–Crippen MR) is 89.1 cm³/mol. The molecule has 0 amide bonds. The molecule has 0 aliphatic heterocycles. The minimum Gasteiger partial charge on any atom is -0.328 e. The maximum absolute atomic E-state index is 13.7. The topological polar surface area (TPSA) is 69.6 Å². The summed E-state index contributed by atoms with van der Waals surface area (Å²) in [6.07, 6.45) is 6.26. The molecule has 2 N–H and O–H groups in total. The second-order valence-electron chi connectivity index (χ2n) is 6.19. The lowest BCUT2D eigenvalue weighted by Gasteiger charge is -2.11. The van der Waals surface area contributed by atoms with Gasteiger partial charge in [-0.2, -0.15) is 0 Å². The Morgan fingerprint density at radius 3 is 2.67 bits per heavy atom. The fraction of sp³-hybridized carbons (Fsp3) is 0.278. The highest BCUT2D eigenvalue weighted by atomic mass is 19.1. The lowest BCUT2D eigenvalue weighted by molar-refractivity contribution is 0.609. The van der Waals surface area contributed by atoms with Gasteiger partial charge in [-0.1, -0.05) is 6.07 Å². The third-order valence-electron chi connectivity index (χ3n) is 4.46. The molecule has 5 nitrogen and oxygen atoms in total. The normalized spacial score (nSPS) is 20.4. The molecule has 6 heteroatoms. The van der Waals surface area contributed by atoms with E-state index < -0.39 is 0 Å². The van der Waals surface area contributed by atoms with Crippen molar-refractivity contribution in [1.29, 1.82) is 0 Å². The summed E-state index contributed by atoms with van der Waals surface area (Å²) in [7, 11) is 0. The van der Waals surface area contributed by atoms with Gasteiger partial charge in [0.25, 0.3) is 0 Å². The molecule has 0 bridgehead atoms. The summed E-state index contributed by atoms with van der Waals surface area (Å²) in [5.41, 5.74) is 7.64. The lowest BCUT2D eigenvalue weighted by Crippen LogP contribution is -2.15. The molecule has 2 unspecified atom stereocenters. The minimum absolute atomic E-state index is 0.192. The number of rotatable bonds is 3. The average molecular weight is 323 g/mol. The highest BCUT2D eigenvalue weighted by Gasteiger charge is 2.29. The van der Waals surface area contributed by atoms with Crippen LogP contribution in [-0.2, 0) is 0 Å². The lowest BCUT2D eigenvalue weighted by atomic mass is 10.1. The maximum atomic E-state index is 13.7. The molecule has 1 fully saturated rings. The zero-order valence-electron chi connectivity index (χ0n) is 13.1. The Hall–Kier alpha value is -2.60. The summed E-state index contributed by atoms with van der Waals surface area (Å²) in [5, 5.41) is 4.63. The molecule has 24 heavy (non-hydrogen) atoms. The van der Waals surface area contributed by atoms with Crippen LogP contribution in [0.15, 0.2) is 48.8 Å². The van der Waals surface area contributed by atoms with Crippen molar-refractivity contribution in [2.75, 3.05) is 0 Å². The van der Waals surface area contributed by atoms with Gasteiger partial charge >= 0.3 is 0 Å². The molecule has 2 aromatic heterocycles. The molecule has 4 rings (SSSR count). The van der Waals surface area contributed by atoms with Crippen LogP contribution in [0.25, 0.3) is 17.1 Å². The Labute approximate surface area is 139 Å². The van der Waals surface area contributed by atoms with Crippen LogP contribution in [0.1, 0.15) is 31.0 Å². The summed E-state index contributed by atoms with van der Waals surface area (Å²) in [4.78, 5) is 8.78. The average Bonchev–Trinajstić information content (AvgIpc) is 3.22. The Balaban J connectivity index is 1.82. The number of hydrogen-bond donors (Lipinski definition) is 1. The van der Waals surface area contributed by atoms with Crippen molar-refractivity contribution in [2.24, 2.45) is 5.73 Å². The van der Waals surface area contributed by atoms with Gasteiger partial charge in [-0.15, -0.1) is 5.10 Å². The van der Waals surface area contributed by atoms with Crippen LogP contribution >= 0.6 is 0 Å². The van der Waals surface area contributed by atoms with E-state index >= 15 is 0 Å². The standard InChI is InChI=1S/C18H18FN5/c19-14-2-1-3-16(11-14)24-18(13-4-5-15(20)10-13)22-17(23-24)12-6-8-21-9-7-12/h1-3,6-9,11,13,15H,4-5,10,20H2. The van der Waals surface area contributed by atoms with Crippen molar-refractivity contribution in [3.63, 3.8) is 0 Å². The number of pyridine rings is 1. The fourth-order valence-electron chi connectivity index (χ4n) is 3.26. The predicted octanol–water partition coefficient (Wildman–Crippen LogP) is 3.06. The van der Waals surface area contributed by atoms with Gasteiger partial charge in [0.1, 0.15) is 11.6 Å². The number of hydrogen-bond acceptors (Lipinski definition) is 4. The van der Waals surface area contributed by atoms with Gasteiger partial charge in [-0.3, -0.25) is 4.98 Å². The molecule has 122 valence electrons. The first-order valence-electron chi connectivity index (χ1n) is 8.09. The van der Waals surface area contributed by atoms with Gasteiger partial charge in [-0.05, 0) is 49.6 Å². The maximum Gasteiger partial charge on any atom is 0.181 e. The summed E-state index contributed by atoms with van der Waals surface area (Å²) in [6.45, 7) is 0. The molecule has 1 saturated carbocycles. The van der Waals surface area contributed by atoms with Crippen LogP contribution < -0.4 is 5.73 Å². The van der Waals surface area contributed by atoms with Gasteiger partial charge in [0.05, 0.1) is 5.69 Å². The molecule has 1 aliphatic carbocycles. The molecule has 2 atom stereocenters. The van der Waals surface area contributed by atoms with Crippen molar-refractivity contribution in [1.82, 2.24) is 19.7 Å². The van der Waals surface area contributed by atoms with Gasteiger partial charge in [-0.25, -0.2) is 14.1 Å². The van der Waals surface area contributed by atoms with Crippen molar-refractivity contribution in [2.45, 2.75) is 31.2 Å². The Morgan fingerprint density at radius 1 is 1.12 bits per heavy atom. The first kappa shape index (κ1) is 15.0. The van der Waals surface area contributed by atoms with Crippen LogP contribution in [0.2, 0.25) is 0 Å². The molecule has 1 aliphatic rings. The smallest absolute Gasteiger partial charge is 0.181 e. The van der Waals surface area contributed by atoms with Crippen LogP contribution in [0.4, 0.5) is 4.39 Å². The van der Waals surface area contributed by atoms with E-state index in [1.54, 1.807) is 23.1 Å². The first-order valence-corrected chi connectivity index (χ1v) is 8.09. The first-order chi connectivity index (χ1) is 11.7. The van der Waals surface area contributed by atoms with E-state index in [4.69, 9.17) is 10.7 Å². The molecular weight excluding hydrogens is 305 g/mol. The fourth-order valence-corrected chi connectivity index (χ4v) is 3.26. The van der Waals surface area contributed by atoms with Crippen molar-refractivity contribution < 1.29 is 4.39 Å². The van der Waals surface area contributed by atoms with E-state index in [1.165, 1.54) is 12.1 Å². The van der Waals surface area contributed by atoms with Crippen LogP contribution in [0.5, 0.6) is 0 Å². The molecule has 3 aromatic rings. The molecular formula is C18H18FN5. The zero-order valence-corrected chi connectivity index (χ0v) is 13.1. The monoisotopic (exact) mass is 323 g/mol. The number of nitrogens with zero attached hydrogens (tertiary/aromatic N) is 4. The van der Waals surface area contributed by atoms with E-state index in [2.05, 4.69) is 10.1 Å². The SMILES string of the molecule is NC1CCC(c2nc(-c3ccncc3)nn2-c2cccc(F)c2)C1. The van der Waals surface area contributed by atoms with Gasteiger partial charge in [0.15, 0.2) is 5.82 Å². The highest BCUT2D eigenvalue weighted by Crippen LogP contribution is 2.34. The summed E-state index contributed by atoms with van der Waals surface area (Å²) in [6, 6.07) is 10.4.